The predicted octanol–water partition coefficient (Wildman–Crippen LogP) is 3.39. The van der Waals surface area contributed by atoms with E-state index in [-0.39, 0.29) is 35.1 Å². The Bertz CT molecular complexity index is 1010. The summed E-state index contributed by atoms with van der Waals surface area (Å²) in [6.45, 7) is 8.87. The maximum Gasteiger partial charge on any atom is 0.264 e. The molecule has 8 heteroatoms. The van der Waals surface area contributed by atoms with E-state index in [0.717, 1.165) is 5.56 Å². The molecule has 0 radical (unpaired) electrons. The van der Waals surface area contributed by atoms with Crippen LogP contribution in [0.15, 0.2) is 41.3 Å². The summed E-state index contributed by atoms with van der Waals surface area (Å²) < 4.78 is 27.3. The van der Waals surface area contributed by atoms with Crippen molar-refractivity contribution in [2.45, 2.75) is 38.0 Å². The Hall–Kier alpha value is -2.03. The van der Waals surface area contributed by atoms with Crippen LogP contribution in [-0.4, -0.2) is 55.5 Å². The zero-order chi connectivity index (χ0) is 21.4. The summed E-state index contributed by atoms with van der Waals surface area (Å²) in [5.41, 5.74) is 1.03. The number of rotatable bonds is 4. The summed E-state index contributed by atoms with van der Waals surface area (Å²) in [6, 6.07) is 10.3. The highest BCUT2D eigenvalue weighted by Crippen LogP contribution is 2.25. The van der Waals surface area contributed by atoms with E-state index in [1.165, 1.54) is 22.6 Å². The number of ketones is 1. The van der Waals surface area contributed by atoms with Gasteiger partial charge < -0.3 is 4.90 Å². The summed E-state index contributed by atoms with van der Waals surface area (Å²) in [6.07, 6.45) is 0. The molecule has 1 fully saturated rings. The van der Waals surface area contributed by atoms with Crippen molar-refractivity contribution in [3.63, 3.8) is 0 Å². The van der Waals surface area contributed by atoms with Crippen LogP contribution in [0.25, 0.3) is 0 Å². The molecule has 1 amide bonds. The number of nitrogens with zero attached hydrogens (tertiary/aromatic N) is 2. The van der Waals surface area contributed by atoms with Gasteiger partial charge in [0.1, 0.15) is 0 Å². The third-order valence-corrected chi connectivity index (χ3v) is 8.13. The van der Waals surface area contributed by atoms with Crippen LogP contribution >= 0.6 is 11.3 Å². The van der Waals surface area contributed by atoms with Gasteiger partial charge in [0.25, 0.3) is 5.91 Å². The van der Waals surface area contributed by atoms with Gasteiger partial charge in [0.2, 0.25) is 10.0 Å². The van der Waals surface area contributed by atoms with E-state index in [2.05, 4.69) is 20.8 Å². The first-order chi connectivity index (χ1) is 13.5. The number of hydrogen-bond acceptors (Lipinski definition) is 5. The zero-order valence-corrected chi connectivity index (χ0v) is 18.8. The molecule has 0 aliphatic carbocycles. The highest BCUT2D eigenvalue weighted by molar-refractivity contribution is 7.89. The van der Waals surface area contributed by atoms with E-state index in [1.54, 1.807) is 29.2 Å². The number of carbonyl (C=O) groups is 2. The predicted molar refractivity (Wildman–Crippen MR) is 114 cm³/mol. The molecular weight excluding hydrogens is 408 g/mol. The largest absolute Gasteiger partial charge is 0.335 e. The molecule has 0 atom stereocenters. The molecule has 0 unspecified atom stereocenters. The molecule has 1 aliphatic heterocycles. The van der Waals surface area contributed by atoms with Crippen LogP contribution in [0.2, 0.25) is 0 Å². The fourth-order valence-corrected chi connectivity index (χ4v) is 5.50. The quantitative estimate of drug-likeness (QED) is 0.692. The topological polar surface area (TPSA) is 74.8 Å². The lowest BCUT2D eigenvalue weighted by atomic mass is 9.87. The van der Waals surface area contributed by atoms with Crippen molar-refractivity contribution in [2.75, 3.05) is 26.2 Å². The number of thiophene rings is 1. The molecule has 1 aliphatic rings. The van der Waals surface area contributed by atoms with Crippen molar-refractivity contribution in [1.82, 2.24) is 9.21 Å². The van der Waals surface area contributed by atoms with Crippen molar-refractivity contribution in [1.29, 1.82) is 0 Å². The van der Waals surface area contributed by atoms with Gasteiger partial charge in [-0.3, -0.25) is 9.59 Å². The van der Waals surface area contributed by atoms with E-state index < -0.39 is 10.0 Å². The molecule has 1 aromatic carbocycles. The highest BCUT2D eigenvalue weighted by atomic mass is 32.2. The first-order valence-corrected chi connectivity index (χ1v) is 11.8. The average Bonchev–Trinajstić information content (AvgIpc) is 3.17. The number of sulfonamides is 1. The first kappa shape index (κ1) is 21.7. The minimum Gasteiger partial charge on any atom is -0.335 e. The monoisotopic (exact) mass is 434 g/mol. The lowest BCUT2D eigenvalue weighted by molar-refractivity contribution is 0.0702. The van der Waals surface area contributed by atoms with Crippen LogP contribution in [0.5, 0.6) is 0 Å². The van der Waals surface area contributed by atoms with Crippen LogP contribution in [0.3, 0.4) is 0 Å². The fraction of sp³-hybridized carbons (Fsp3) is 0.429. The molecule has 6 nitrogen and oxygen atoms in total. The van der Waals surface area contributed by atoms with Gasteiger partial charge in [-0.1, -0.05) is 32.9 Å². The molecule has 1 saturated heterocycles. The van der Waals surface area contributed by atoms with E-state index >= 15 is 0 Å². The van der Waals surface area contributed by atoms with E-state index in [1.807, 2.05) is 12.1 Å². The van der Waals surface area contributed by atoms with E-state index in [4.69, 9.17) is 0 Å². The average molecular weight is 435 g/mol. The third-order valence-electron chi connectivity index (χ3n) is 5.05. The SMILES string of the molecule is CC(=O)c1ccc(C(=O)N2CCN(S(=O)(=O)c3ccc(C(C)(C)C)cc3)CC2)s1. The number of carbonyl (C=O) groups excluding carboxylic acids is 2. The second-order valence-electron chi connectivity index (χ2n) is 8.19. The number of amides is 1. The Balaban J connectivity index is 1.67. The van der Waals surface area contributed by atoms with Crippen molar-refractivity contribution in [3.05, 3.63) is 51.7 Å². The molecule has 29 heavy (non-hydrogen) atoms. The normalized spacial score (nSPS) is 16.1. The summed E-state index contributed by atoms with van der Waals surface area (Å²) in [4.78, 5) is 27.1. The Labute approximate surface area is 176 Å². The summed E-state index contributed by atoms with van der Waals surface area (Å²) in [5.74, 6) is -0.225. The summed E-state index contributed by atoms with van der Waals surface area (Å²) in [7, 11) is -3.59. The van der Waals surface area contributed by atoms with Crippen molar-refractivity contribution < 1.29 is 18.0 Å². The van der Waals surface area contributed by atoms with Crippen molar-refractivity contribution in [3.8, 4) is 0 Å². The van der Waals surface area contributed by atoms with Gasteiger partial charge in [-0.15, -0.1) is 11.3 Å². The van der Waals surface area contributed by atoms with Crippen LogP contribution in [-0.2, 0) is 15.4 Å². The standard InChI is InChI=1S/C21H26N2O4S2/c1-15(24)18-9-10-19(28-18)20(25)22-11-13-23(14-12-22)29(26,27)17-7-5-16(6-8-17)21(2,3)4/h5-10H,11-14H2,1-4H3. The Morgan fingerprint density at radius 2 is 1.45 bits per heavy atom. The molecule has 0 saturated carbocycles. The smallest absolute Gasteiger partial charge is 0.264 e. The van der Waals surface area contributed by atoms with Crippen molar-refractivity contribution in [2.24, 2.45) is 0 Å². The molecular formula is C21H26N2O4S2. The van der Waals surface area contributed by atoms with Gasteiger partial charge in [0, 0.05) is 26.2 Å². The lowest BCUT2D eigenvalue weighted by Crippen LogP contribution is -2.50. The maximum atomic E-state index is 13.0. The molecule has 2 aromatic rings. The van der Waals surface area contributed by atoms with Crippen LogP contribution < -0.4 is 0 Å². The fourth-order valence-electron chi connectivity index (χ4n) is 3.21. The maximum absolute atomic E-state index is 13.0. The molecule has 0 bridgehead atoms. The van der Waals surface area contributed by atoms with Gasteiger partial charge in [-0.05, 0) is 42.2 Å². The Morgan fingerprint density at radius 3 is 1.93 bits per heavy atom. The zero-order valence-electron chi connectivity index (χ0n) is 17.1. The minimum atomic E-state index is -3.59. The Kier molecular flexibility index (Phi) is 5.98. The third kappa shape index (κ3) is 4.60. The van der Waals surface area contributed by atoms with Crippen LogP contribution in [0.4, 0.5) is 0 Å². The van der Waals surface area contributed by atoms with Gasteiger partial charge >= 0.3 is 0 Å². The molecule has 0 spiro atoms. The minimum absolute atomic E-state index is 0.0433. The molecule has 156 valence electrons. The van der Waals surface area contributed by atoms with Gasteiger partial charge in [0.05, 0.1) is 14.6 Å². The first-order valence-electron chi connectivity index (χ1n) is 9.51. The number of benzene rings is 1. The number of hydrogen-bond donors (Lipinski definition) is 0. The lowest BCUT2D eigenvalue weighted by Gasteiger charge is -2.33. The molecule has 1 aromatic heterocycles. The van der Waals surface area contributed by atoms with Gasteiger partial charge in [-0.25, -0.2) is 8.42 Å². The molecule has 2 heterocycles. The van der Waals surface area contributed by atoms with Crippen molar-refractivity contribution >= 4 is 33.1 Å². The van der Waals surface area contributed by atoms with Crippen LogP contribution in [0.1, 0.15) is 52.6 Å². The highest BCUT2D eigenvalue weighted by Gasteiger charge is 2.31. The van der Waals surface area contributed by atoms with E-state index in [0.29, 0.717) is 22.8 Å². The second-order valence-corrected chi connectivity index (χ2v) is 11.2. The number of Topliss-reactive ketones (excluding diaryl/α,β-unsaturated/α-hetero) is 1. The number of piperazine rings is 1. The Morgan fingerprint density at radius 1 is 0.897 bits per heavy atom. The summed E-state index contributed by atoms with van der Waals surface area (Å²) in [5, 5.41) is 0. The van der Waals surface area contributed by atoms with Crippen LogP contribution in [0, 0.1) is 0 Å². The molecule has 3 rings (SSSR count). The second kappa shape index (κ2) is 8.01. The van der Waals surface area contributed by atoms with Gasteiger partial charge in [-0.2, -0.15) is 4.31 Å². The molecule has 0 N–H and O–H groups in total. The van der Waals surface area contributed by atoms with Gasteiger partial charge in [0.15, 0.2) is 5.78 Å². The summed E-state index contributed by atoms with van der Waals surface area (Å²) >= 11 is 1.18. The van der Waals surface area contributed by atoms with E-state index in [9.17, 15) is 18.0 Å².